The number of ether oxygens (including phenoxy) is 1. The first-order valence-electron chi connectivity index (χ1n) is 6.49. The molecule has 0 spiro atoms. The summed E-state index contributed by atoms with van der Waals surface area (Å²) in [6, 6.07) is -0.743. The molecule has 2 amide bonds. The molecule has 0 radical (unpaired) electrons. The molecule has 0 aromatic heterocycles. The lowest BCUT2D eigenvalue weighted by Crippen LogP contribution is -2.70. The van der Waals surface area contributed by atoms with Crippen LogP contribution in [0.15, 0.2) is 11.3 Å². The number of fused-ring (bicyclic) bond motifs is 1. The van der Waals surface area contributed by atoms with Crippen molar-refractivity contribution >= 4 is 29.7 Å². The molecule has 2 aliphatic rings. The van der Waals surface area contributed by atoms with Crippen LogP contribution in [0.1, 0.15) is 27.7 Å². The topological polar surface area (TPSA) is 95.9 Å². The SMILES string of the molecule is CC1=C(C(=O)O)N2C(=O)C(NC(=O)OC(C)(C)C)[C@H]2SC1. The van der Waals surface area contributed by atoms with Crippen molar-refractivity contribution in [2.75, 3.05) is 5.75 Å². The first kappa shape index (κ1) is 15.7. The van der Waals surface area contributed by atoms with Crippen LogP contribution in [0.25, 0.3) is 0 Å². The second-order valence-electron chi connectivity index (χ2n) is 5.97. The van der Waals surface area contributed by atoms with Gasteiger partial charge in [0, 0.05) is 5.75 Å². The lowest BCUT2D eigenvalue weighted by molar-refractivity contribution is -0.149. The zero-order chi connectivity index (χ0) is 15.9. The van der Waals surface area contributed by atoms with Crippen LogP contribution in [-0.4, -0.2) is 50.7 Å². The predicted molar refractivity (Wildman–Crippen MR) is 76.6 cm³/mol. The molecule has 2 N–H and O–H groups in total. The van der Waals surface area contributed by atoms with E-state index in [1.54, 1.807) is 27.7 Å². The van der Waals surface area contributed by atoms with Crippen molar-refractivity contribution in [1.82, 2.24) is 10.2 Å². The molecule has 1 saturated heterocycles. The summed E-state index contributed by atoms with van der Waals surface area (Å²) in [5, 5.41) is 11.3. The quantitative estimate of drug-likeness (QED) is 0.742. The van der Waals surface area contributed by atoms with Gasteiger partial charge in [-0.25, -0.2) is 9.59 Å². The van der Waals surface area contributed by atoms with Gasteiger partial charge in [-0.3, -0.25) is 9.69 Å². The highest BCUT2D eigenvalue weighted by atomic mass is 32.2. The fourth-order valence-electron chi connectivity index (χ4n) is 2.21. The van der Waals surface area contributed by atoms with Crippen LogP contribution in [0.2, 0.25) is 0 Å². The molecule has 0 bridgehead atoms. The van der Waals surface area contributed by atoms with E-state index in [9.17, 15) is 19.5 Å². The summed E-state index contributed by atoms with van der Waals surface area (Å²) < 4.78 is 5.11. The third-order valence-corrected chi connectivity index (χ3v) is 4.46. The molecule has 2 heterocycles. The molecular formula is C13H18N2O5S. The number of β-lactam (4-membered cyclic amide) rings is 1. The van der Waals surface area contributed by atoms with Crippen LogP contribution in [-0.2, 0) is 14.3 Å². The van der Waals surface area contributed by atoms with Crippen molar-refractivity contribution < 1.29 is 24.2 Å². The van der Waals surface area contributed by atoms with E-state index in [4.69, 9.17) is 4.74 Å². The van der Waals surface area contributed by atoms with Crippen molar-refractivity contribution in [3.05, 3.63) is 11.3 Å². The van der Waals surface area contributed by atoms with Crippen molar-refractivity contribution in [1.29, 1.82) is 0 Å². The average Bonchev–Trinajstić information content (AvgIpc) is 2.33. The maximum atomic E-state index is 12.1. The molecule has 1 unspecified atom stereocenters. The Kier molecular flexibility index (Phi) is 3.92. The molecule has 0 aromatic carbocycles. The number of aliphatic carboxylic acids is 1. The molecule has 116 valence electrons. The molecule has 2 rings (SSSR count). The average molecular weight is 314 g/mol. The van der Waals surface area contributed by atoms with E-state index >= 15 is 0 Å². The number of nitrogens with one attached hydrogen (secondary N) is 1. The number of hydrogen-bond donors (Lipinski definition) is 2. The summed E-state index contributed by atoms with van der Waals surface area (Å²) in [6.07, 6.45) is -0.677. The summed E-state index contributed by atoms with van der Waals surface area (Å²) in [7, 11) is 0. The second-order valence-corrected chi connectivity index (χ2v) is 7.07. The van der Waals surface area contributed by atoms with Gasteiger partial charge in [-0.15, -0.1) is 11.8 Å². The van der Waals surface area contributed by atoms with Crippen LogP contribution >= 0.6 is 11.8 Å². The molecule has 0 saturated carbocycles. The number of carboxylic acids is 1. The van der Waals surface area contributed by atoms with E-state index in [0.717, 1.165) is 0 Å². The summed E-state index contributed by atoms with van der Waals surface area (Å²) in [5.41, 5.74) is 0.0118. The van der Waals surface area contributed by atoms with E-state index in [1.165, 1.54) is 16.7 Å². The molecule has 2 atom stereocenters. The smallest absolute Gasteiger partial charge is 0.408 e. The van der Waals surface area contributed by atoms with E-state index in [1.807, 2.05) is 0 Å². The van der Waals surface area contributed by atoms with Crippen LogP contribution in [0.4, 0.5) is 4.79 Å². The summed E-state index contributed by atoms with van der Waals surface area (Å²) >= 11 is 1.43. The number of carboxylic acid groups (broad SMARTS) is 1. The second kappa shape index (κ2) is 5.25. The molecule has 2 aliphatic heterocycles. The highest BCUT2D eigenvalue weighted by Crippen LogP contribution is 2.40. The maximum absolute atomic E-state index is 12.1. The number of rotatable bonds is 2. The number of carbonyl (C=O) groups is 3. The van der Waals surface area contributed by atoms with E-state index in [2.05, 4.69) is 5.32 Å². The lowest BCUT2D eigenvalue weighted by Gasteiger charge is -2.49. The van der Waals surface area contributed by atoms with Gasteiger partial charge in [-0.05, 0) is 33.3 Å². The molecule has 8 heteroatoms. The Bertz CT molecular complexity index is 537. The van der Waals surface area contributed by atoms with Gasteiger partial charge < -0.3 is 15.2 Å². The first-order chi connectivity index (χ1) is 9.61. The Labute approximate surface area is 126 Å². The molecule has 21 heavy (non-hydrogen) atoms. The Balaban J connectivity index is 2.07. The summed E-state index contributed by atoms with van der Waals surface area (Å²) in [6.45, 7) is 6.87. The molecule has 0 aliphatic carbocycles. The maximum Gasteiger partial charge on any atom is 0.408 e. The Morgan fingerprint density at radius 2 is 2.05 bits per heavy atom. The first-order valence-corrected chi connectivity index (χ1v) is 7.54. The predicted octanol–water partition coefficient (Wildman–Crippen LogP) is 1.15. The van der Waals surface area contributed by atoms with Gasteiger partial charge in [0.15, 0.2) is 0 Å². The van der Waals surface area contributed by atoms with Gasteiger partial charge >= 0.3 is 12.1 Å². The zero-order valence-electron chi connectivity index (χ0n) is 12.3. The number of thioether (sulfide) groups is 1. The fourth-order valence-corrected chi connectivity index (χ4v) is 3.50. The van der Waals surface area contributed by atoms with Gasteiger partial charge in [0.2, 0.25) is 0 Å². The minimum absolute atomic E-state index is 0.0194. The summed E-state index contributed by atoms with van der Waals surface area (Å²) in [5.74, 6) is -1.03. The molecule has 7 nitrogen and oxygen atoms in total. The zero-order valence-corrected chi connectivity index (χ0v) is 13.1. The minimum Gasteiger partial charge on any atom is -0.477 e. The van der Waals surface area contributed by atoms with Gasteiger partial charge in [0.25, 0.3) is 5.91 Å². The number of carbonyl (C=O) groups excluding carboxylic acids is 2. The van der Waals surface area contributed by atoms with Crippen molar-refractivity contribution in [2.24, 2.45) is 0 Å². The van der Waals surface area contributed by atoms with Crippen LogP contribution in [0.3, 0.4) is 0 Å². The van der Waals surface area contributed by atoms with Gasteiger partial charge in [-0.2, -0.15) is 0 Å². The van der Waals surface area contributed by atoms with Crippen LogP contribution in [0, 0.1) is 0 Å². The Morgan fingerprint density at radius 1 is 1.43 bits per heavy atom. The molecule has 0 aromatic rings. The van der Waals surface area contributed by atoms with Crippen LogP contribution in [0.5, 0.6) is 0 Å². The van der Waals surface area contributed by atoms with Crippen molar-refractivity contribution in [3.63, 3.8) is 0 Å². The monoisotopic (exact) mass is 314 g/mol. The normalized spacial score (nSPS) is 25.1. The van der Waals surface area contributed by atoms with Crippen molar-refractivity contribution in [2.45, 2.75) is 44.7 Å². The number of alkyl carbamates (subject to hydrolysis) is 1. The van der Waals surface area contributed by atoms with Crippen molar-refractivity contribution in [3.8, 4) is 0 Å². The largest absolute Gasteiger partial charge is 0.477 e. The summed E-state index contributed by atoms with van der Waals surface area (Å²) in [4.78, 5) is 36.3. The third-order valence-electron chi connectivity index (χ3n) is 3.03. The van der Waals surface area contributed by atoms with E-state index in [0.29, 0.717) is 11.3 Å². The van der Waals surface area contributed by atoms with Crippen LogP contribution < -0.4 is 5.32 Å². The van der Waals surface area contributed by atoms with E-state index < -0.39 is 29.6 Å². The standard InChI is InChI=1S/C13H18N2O5S/c1-6-5-21-10-7(14-12(19)20-13(2,3)4)9(16)15(10)8(6)11(17)18/h7,10H,5H2,1-4H3,(H,14,19)(H,17,18)/t7?,10-/m1/s1. The lowest BCUT2D eigenvalue weighted by atomic mass is 10.0. The number of hydrogen-bond acceptors (Lipinski definition) is 5. The van der Waals surface area contributed by atoms with Gasteiger partial charge in [0.05, 0.1) is 0 Å². The minimum atomic E-state index is -1.12. The highest BCUT2D eigenvalue weighted by Gasteiger charge is 2.54. The van der Waals surface area contributed by atoms with Gasteiger partial charge in [0.1, 0.15) is 22.7 Å². The number of nitrogens with zero attached hydrogens (tertiary/aromatic N) is 1. The number of amides is 2. The Morgan fingerprint density at radius 3 is 2.57 bits per heavy atom. The van der Waals surface area contributed by atoms with Gasteiger partial charge in [-0.1, -0.05) is 0 Å². The molecular weight excluding hydrogens is 296 g/mol. The third kappa shape index (κ3) is 2.99. The van der Waals surface area contributed by atoms with E-state index in [-0.39, 0.29) is 11.1 Å². The fraction of sp³-hybridized carbons (Fsp3) is 0.615. The highest BCUT2D eigenvalue weighted by molar-refractivity contribution is 8.00. The Hall–Kier alpha value is -1.70. The molecule has 1 fully saturated rings.